The second-order valence-electron chi connectivity index (χ2n) is 8.05. The number of carbonyl (C=O) groups is 2. The molecule has 2 amide bonds. The predicted octanol–water partition coefficient (Wildman–Crippen LogP) is 1.64. The lowest BCUT2D eigenvalue weighted by molar-refractivity contribution is -0.141. The Bertz CT molecular complexity index is 706. The minimum Gasteiger partial charge on any atom is -0.497 e. The van der Waals surface area contributed by atoms with E-state index in [2.05, 4.69) is 11.9 Å². The first-order chi connectivity index (χ1) is 12.9. The molecule has 0 aliphatic carbocycles. The molecule has 2 saturated heterocycles. The smallest absolute Gasteiger partial charge is 0.229 e. The third-order valence-electron chi connectivity index (χ3n) is 6.26. The zero-order valence-electron chi connectivity index (χ0n) is 16.9. The van der Waals surface area contributed by atoms with Crippen LogP contribution in [0.15, 0.2) is 24.3 Å². The molecule has 148 valence electrons. The highest BCUT2D eigenvalue weighted by Crippen LogP contribution is 2.44. The molecular weight excluding hydrogens is 342 g/mol. The van der Waals surface area contributed by atoms with Crippen LogP contribution in [0.3, 0.4) is 0 Å². The fourth-order valence-corrected chi connectivity index (χ4v) is 4.75. The summed E-state index contributed by atoms with van der Waals surface area (Å²) in [7, 11) is 7.40. The number of hydrogen-bond donors (Lipinski definition) is 0. The van der Waals surface area contributed by atoms with Gasteiger partial charge in [-0.3, -0.25) is 9.59 Å². The van der Waals surface area contributed by atoms with Gasteiger partial charge in [0.1, 0.15) is 5.75 Å². The molecule has 2 fully saturated rings. The second kappa shape index (κ2) is 7.89. The number of hydrogen-bond acceptors (Lipinski definition) is 4. The lowest BCUT2D eigenvalue weighted by atomic mass is 9.75. The molecule has 1 aromatic rings. The molecule has 0 unspecified atom stereocenters. The van der Waals surface area contributed by atoms with E-state index in [-0.39, 0.29) is 23.3 Å². The molecule has 27 heavy (non-hydrogen) atoms. The number of amides is 2. The summed E-state index contributed by atoms with van der Waals surface area (Å²) in [5.74, 6) is 1.10. The Labute approximate surface area is 162 Å². The first kappa shape index (κ1) is 19.7. The van der Waals surface area contributed by atoms with Crippen LogP contribution in [0, 0.1) is 5.41 Å². The number of benzene rings is 1. The molecule has 0 N–H and O–H groups in total. The van der Waals surface area contributed by atoms with Crippen molar-refractivity contribution in [1.29, 1.82) is 0 Å². The summed E-state index contributed by atoms with van der Waals surface area (Å²) >= 11 is 0. The summed E-state index contributed by atoms with van der Waals surface area (Å²) in [5, 5.41) is 0. The van der Waals surface area contributed by atoms with Crippen molar-refractivity contribution in [1.82, 2.24) is 14.7 Å². The number of likely N-dealkylation sites (tertiary alicyclic amines) is 2. The monoisotopic (exact) mass is 373 g/mol. The molecule has 3 rings (SSSR count). The lowest BCUT2D eigenvalue weighted by Crippen LogP contribution is -2.48. The molecule has 0 spiro atoms. The van der Waals surface area contributed by atoms with E-state index in [4.69, 9.17) is 4.74 Å². The van der Waals surface area contributed by atoms with E-state index in [0.29, 0.717) is 19.5 Å². The first-order valence-corrected chi connectivity index (χ1v) is 9.70. The van der Waals surface area contributed by atoms with E-state index in [9.17, 15) is 9.59 Å². The Morgan fingerprint density at radius 2 is 1.96 bits per heavy atom. The van der Waals surface area contributed by atoms with Crippen LogP contribution in [-0.2, 0) is 16.0 Å². The summed E-state index contributed by atoms with van der Waals surface area (Å²) in [6.45, 7) is 2.30. The van der Waals surface area contributed by atoms with Crippen LogP contribution >= 0.6 is 0 Å². The largest absolute Gasteiger partial charge is 0.497 e. The Morgan fingerprint density at radius 1 is 1.22 bits per heavy atom. The topological polar surface area (TPSA) is 53.1 Å². The second-order valence-corrected chi connectivity index (χ2v) is 8.05. The van der Waals surface area contributed by atoms with E-state index >= 15 is 0 Å². The maximum atomic E-state index is 13.0. The van der Waals surface area contributed by atoms with Gasteiger partial charge >= 0.3 is 0 Å². The third kappa shape index (κ3) is 3.81. The molecule has 1 aromatic carbocycles. The van der Waals surface area contributed by atoms with Gasteiger partial charge < -0.3 is 19.4 Å². The molecule has 2 aliphatic rings. The minimum atomic E-state index is -0.358. The molecule has 0 bridgehead atoms. The van der Waals surface area contributed by atoms with Gasteiger partial charge in [-0.2, -0.15) is 0 Å². The standard InChI is InChI=1S/C21H31N3O3/c1-22(2)20(26)21-9-12-23(3)18(21)8-11-24(13-10-21)19(25)15-16-6-5-7-17(14-16)27-4/h5-7,14,18H,8-13,15H2,1-4H3/t18-,21-/m1/s1. The van der Waals surface area contributed by atoms with Crippen LogP contribution in [0.2, 0.25) is 0 Å². The van der Waals surface area contributed by atoms with E-state index in [1.807, 2.05) is 43.3 Å². The number of ether oxygens (including phenoxy) is 1. The average Bonchev–Trinajstić information content (AvgIpc) is 2.86. The number of fused-ring (bicyclic) bond motifs is 1. The van der Waals surface area contributed by atoms with Crippen molar-refractivity contribution in [2.45, 2.75) is 31.7 Å². The van der Waals surface area contributed by atoms with Crippen molar-refractivity contribution in [2.75, 3.05) is 47.9 Å². The minimum absolute atomic E-state index is 0.123. The van der Waals surface area contributed by atoms with Crippen molar-refractivity contribution in [3.05, 3.63) is 29.8 Å². The number of methoxy groups -OCH3 is 1. The van der Waals surface area contributed by atoms with Gasteiger partial charge in [-0.25, -0.2) is 0 Å². The highest BCUT2D eigenvalue weighted by atomic mass is 16.5. The summed E-state index contributed by atoms with van der Waals surface area (Å²) in [6.07, 6.45) is 2.83. The number of nitrogens with zero attached hydrogens (tertiary/aromatic N) is 3. The average molecular weight is 373 g/mol. The predicted molar refractivity (Wildman–Crippen MR) is 105 cm³/mol. The highest BCUT2D eigenvalue weighted by Gasteiger charge is 2.53. The normalized spacial score (nSPS) is 25.6. The molecule has 6 nitrogen and oxygen atoms in total. The summed E-state index contributed by atoms with van der Waals surface area (Å²) in [4.78, 5) is 31.9. The Hall–Kier alpha value is -2.08. The molecule has 0 aromatic heterocycles. The molecule has 2 heterocycles. The van der Waals surface area contributed by atoms with Gasteiger partial charge in [0.15, 0.2) is 0 Å². The van der Waals surface area contributed by atoms with Crippen molar-refractivity contribution in [3.8, 4) is 5.75 Å². The zero-order chi connectivity index (χ0) is 19.6. The van der Waals surface area contributed by atoms with Crippen molar-refractivity contribution in [3.63, 3.8) is 0 Å². The van der Waals surface area contributed by atoms with Gasteiger partial charge in [-0.05, 0) is 50.6 Å². The molecule has 2 atom stereocenters. The van der Waals surface area contributed by atoms with E-state index < -0.39 is 0 Å². The highest BCUT2D eigenvalue weighted by molar-refractivity contribution is 5.84. The maximum Gasteiger partial charge on any atom is 0.229 e. The third-order valence-corrected chi connectivity index (χ3v) is 6.26. The number of carbonyl (C=O) groups excluding carboxylic acids is 2. The van der Waals surface area contributed by atoms with Crippen LogP contribution in [0.25, 0.3) is 0 Å². The van der Waals surface area contributed by atoms with Crippen LogP contribution in [0.1, 0.15) is 24.8 Å². The lowest BCUT2D eigenvalue weighted by Gasteiger charge is -2.36. The van der Waals surface area contributed by atoms with Crippen molar-refractivity contribution < 1.29 is 14.3 Å². The SMILES string of the molecule is COc1cccc(CC(=O)N2CC[C@H]3N(C)CC[C@@]3(C(=O)N(C)C)CC2)c1. The molecule has 2 aliphatic heterocycles. The number of rotatable bonds is 4. The van der Waals surface area contributed by atoms with Crippen molar-refractivity contribution in [2.24, 2.45) is 5.41 Å². The Morgan fingerprint density at radius 3 is 2.67 bits per heavy atom. The Kier molecular flexibility index (Phi) is 5.75. The summed E-state index contributed by atoms with van der Waals surface area (Å²) in [5.41, 5.74) is 0.600. The molecule has 6 heteroatoms. The fraction of sp³-hybridized carbons (Fsp3) is 0.619. The van der Waals surface area contributed by atoms with Crippen molar-refractivity contribution >= 4 is 11.8 Å². The van der Waals surface area contributed by atoms with Crippen LogP contribution < -0.4 is 4.74 Å². The van der Waals surface area contributed by atoms with Gasteiger partial charge in [0, 0.05) is 33.2 Å². The molecular formula is C21H31N3O3. The van der Waals surface area contributed by atoms with Crippen LogP contribution in [0.4, 0.5) is 0 Å². The van der Waals surface area contributed by atoms with Crippen LogP contribution in [-0.4, -0.2) is 80.4 Å². The van der Waals surface area contributed by atoms with Crippen LogP contribution in [0.5, 0.6) is 5.75 Å². The van der Waals surface area contributed by atoms with Gasteiger partial charge in [0.05, 0.1) is 18.9 Å². The van der Waals surface area contributed by atoms with E-state index in [0.717, 1.165) is 37.1 Å². The van der Waals surface area contributed by atoms with E-state index in [1.54, 1.807) is 12.0 Å². The Balaban J connectivity index is 1.73. The summed E-state index contributed by atoms with van der Waals surface area (Å²) < 4.78 is 5.25. The molecule has 0 saturated carbocycles. The van der Waals surface area contributed by atoms with Gasteiger partial charge in [0.2, 0.25) is 11.8 Å². The van der Waals surface area contributed by atoms with E-state index in [1.165, 1.54) is 0 Å². The molecule has 0 radical (unpaired) electrons. The van der Waals surface area contributed by atoms with Gasteiger partial charge in [-0.15, -0.1) is 0 Å². The first-order valence-electron chi connectivity index (χ1n) is 9.70. The zero-order valence-corrected chi connectivity index (χ0v) is 16.9. The van der Waals surface area contributed by atoms with Gasteiger partial charge in [-0.1, -0.05) is 12.1 Å². The van der Waals surface area contributed by atoms with Gasteiger partial charge in [0.25, 0.3) is 0 Å². The quantitative estimate of drug-likeness (QED) is 0.805. The summed E-state index contributed by atoms with van der Waals surface area (Å²) in [6, 6.07) is 7.87. The fourth-order valence-electron chi connectivity index (χ4n) is 4.75. The maximum absolute atomic E-state index is 13.0.